The van der Waals surface area contributed by atoms with Gasteiger partial charge in [-0.2, -0.15) is 0 Å². The summed E-state index contributed by atoms with van der Waals surface area (Å²) >= 11 is 1.25. The molecular weight excluding hydrogens is 412 g/mol. The van der Waals surface area contributed by atoms with Gasteiger partial charge in [0.05, 0.1) is 9.79 Å². The number of hydrogen-bond acceptors (Lipinski definition) is 5. The third-order valence-electron chi connectivity index (χ3n) is 3.41. The summed E-state index contributed by atoms with van der Waals surface area (Å²) in [5, 5.41) is 0. The number of alkyl halides is 4. The summed E-state index contributed by atoms with van der Waals surface area (Å²) in [7, 11) is 0. The number of benzene rings is 2. The van der Waals surface area contributed by atoms with E-state index in [2.05, 4.69) is 0 Å². The minimum atomic E-state index is -0.675. The SMILES string of the molecule is FCCOc1ccc(Sc2ccc(OCCF)cc2OCCF)c(OCCF)c1. The smallest absolute Gasteiger partial charge is 0.137 e. The molecule has 2 rings (SSSR count). The van der Waals surface area contributed by atoms with Crippen molar-refractivity contribution in [3.8, 4) is 23.0 Å². The van der Waals surface area contributed by atoms with E-state index in [0.29, 0.717) is 32.8 Å². The first kappa shape index (κ1) is 23.0. The fraction of sp³-hybridized carbons (Fsp3) is 0.400. The van der Waals surface area contributed by atoms with E-state index in [9.17, 15) is 17.6 Å². The van der Waals surface area contributed by atoms with Crippen LogP contribution < -0.4 is 18.9 Å². The van der Waals surface area contributed by atoms with E-state index in [1.807, 2.05) is 0 Å². The average molecular weight is 434 g/mol. The second kappa shape index (κ2) is 13.0. The van der Waals surface area contributed by atoms with Gasteiger partial charge in [0.25, 0.3) is 0 Å². The molecule has 0 aliphatic rings. The van der Waals surface area contributed by atoms with Gasteiger partial charge in [-0.25, -0.2) is 17.6 Å². The zero-order chi connectivity index (χ0) is 20.9. The Morgan fingerprint density at radius 3 is 1.31 bits per heavy atom. The predicted octanol–water partition coefficient (Wildman–Crippen LogP) is 5.23. The molecular formula is C20H22F4O4S. The molecule has 0 spiro atoms. The molecule has 0 atom stereocenters. The Balaban J connectivity index is 2.27. The molecule has 9 heteroatoms. The van der Waals surface area contributed by atoms with Gasteiger partial charge in [-0.05, 0) is 24.3 Å². The van der Waals surface area contributed by atoms with Crippen LogP contribution >= 0.6 is 11.8 Å². The second-order valence-corrected chi connectivity index (χ2v) is 6.55. The Morgan fingerprint density at radius 2 is 0.931 bits per heavy atom. The minimum absolute atomic E-state index is 0.101. The second-order valence-electron chi connectivity index (χ2n) is 5.47. The molecule has 29 heavy (non-hydrogen) atoms. The fourth-order valence-electron chi connectivity index (χ4n) is 2.28. The highest BCUT2D eigenvalue weighted by Crippen LogP contribution is 2.42. The molecule has 0 aromatic heterocycles. The maximum absolute atomic E-state index is 12.6. The summed E-state index contributed by atoms with van der Waals surface area (Å²) in [6, 6.07) is 9.77. The molecule has 0 amide bonds. The van der Waals surface area contributed by atoms with Crippen molar-refractivity contribution >= 4 is 11.8 Å². The third kappa shape index (κ3) is 7.56. The Hall–Kier alpha value is -2.29. The van der Waals surface area contributed by atoms with Gasteiger partial charge < -0.3 is 18.9 Å². The Kier molecular flexibility index (Phi) is 10.3. The van der Waals surface area contributed by atoms with Crippen molar-refractivity contribution in [3.63, 3.8) is 0 Å². The lowest BCUT2D eigenvalue weighted by molar-refractivity contribution is 0.257. The molecule has 0 saturated carbocycles. The van der Waals surface area contributed by atoms with Crippen molar-refractivity contribution in [1.29, 1.82) is 0 Å². The highest BCUT2D eigenvalue weighted by Gasteiger charge is 2.13. The molecule has 2 aromatic carbocycles. The zero-order valence-electron chi connectivity index (χ0n) is 15.7. The molecule has 0 unspecified atom stereocenters. The van der Waals surface area contributed by atoms with E-state index in [1.54, 1.807) is 36.4 Å². The molecule has 0 radical (unpaired) electrons. The van der Waals surface area contributed by atoms with Crippen LogP contribution in [0.5, 0.6) is 23.0 Å². The van der Waals surface area contributed by atoms with Crippen LogP contribution in [0.25, 0.3) is 0 Å². The van der Waals surface area contributed by atoms with Gasteiger partial charge in [0.1, 0.15) is 76.1 Å². The monoisotopic (exact) mass is 434 g/mol. The van der Waals surface area contributed by atoms with Gasteiger partial charge in [-0.1, -0.05) is 11.8 Å². The van der Waals surface area contributed by atoms with Crippen LogP contribution in [0, 0.1) is 0 Å². The van der Waals surface area contributed by atoms with Crippen molar-refractivity contribution in [3.05, 3.63) is 36.4 Å². The molecule has 160 valence electrons. The van der Waals surface area contributed by atoms with Gasteiger partial charge in [-0.3, -0.25) is 0 Å². The summed E-state index contributed by atoms with van der Waals surface area (Å²) in [4.78, 5) is 1.27. The summed E-state index contributed by atoms with van der Waals surface area (Å²) < 4.78 is 71.2. The Morgan fingerprint density at radius 1 is 0.552 bits per heavy atom. The van der Waals surface area contributed by atoms with E-state index in [0.717, 1.165) is 0 Å². The summed E-state index contributed by atoms with van der Waals surface area (Å²) in [6.45, 7) is -3.13. The maximum atomic E-state index is 12.6. The lowest BCUT2D eigenvalue weighted by atomic mass is 10.3. The van der Waals surface area contributed by atoms with Gasteiger partial charge in [-0.15, -0.1) is 0 Å². The first-order chi connectivity index (χ1) is 14.2. The van der Waals surface area contributed by atoms with E-state index in [-0.39, 0.29) is 26.4 Å². The normalized spacial score (nSPS) is 10.6. The first-order valence-electron chi connectivity index (χ1n) is 8.92. The van der Waals surface area contributed by atoms with Gasteiger partial charge in [0, 0.05) is 12.1 Å². The molecule has 0 saturated heterocycles. The van der Waals surface area contributed by atoms with Crippen LogP contribution in [0.1, 0.15) is 0 Å². The van der Waals surface area contributed by atoms with Crippen LogP contribution in [-0.4, -0.2) is 53.1 Å². The van der Waals surface area contributed by atoms with Gasteiger partial charge in [0.2, 0.25) is 0 Å². The molecule has 4 nitrogen and oxygen atoms in total. The van der Waals surface area contributed by atoms with Crippen LogP contribution in [0.3, 0.4) is 0 Å². The lowest BCUT2D eigenvalue weighted by Gasteiger charge is -2.15. The highest BCUT2D eigenvalue weighted by molar-refractivity contribution is 7.99. The Labute approximate surface area is 171 Å². The molecule has 0 aliphatic carbocycles. The fourth-order valence-corrected chi connectivity index (χ4v) is 3.22. The molecule has 0 fully saturated rings. The minimum Gasteiger partial charge on any atom is -0.491 e. The quantitative estimate of drug-likeness (QED) is 0.381. The van der Waals surface area contributed by atoms with Gasteiger partial charge >= 0.3 is 0 Å². The van der Waals surface area contributed by atoms with E-state index in [4.69, 9.17) is 18.9 Å². The van der Waals surface area contributed by atoms with Crippen molar-refractivity contribution in [1.82, 2.24) is 0 Å². The van der Waals surface area contributed by atoms with Crippen molar-refractivity contribution in [2.75, 3.05) is 53.1 Å². The van der Waals surface area contributed by atoms with E-state index >= 15 is 0 Å². The summed E-state index contributed by atoms with van der Waals surface area (Å²) in [5.74, 6) is 1.51. The van der Waals surface area contributed by atoms with Gasteiger partial charge in [0.15, 0.2) is 0 Å². The van der Waals surface area contributed by atoms with Crippen molar-refractivity contribution in [2.24, 2.45) is 0 Å². The molecule has 0 heterocycles. The predicted molar refractivity (Wildman–Crippen MR) is 103 cm³/mol. The van der Waals surface area contributed by atoms with Crippen LogP contribution in [0.4, 0.5) is 17.6 Å². The van der Waals surface area contributed by atoms with Crippen LogP contribution in [0.2, 0.25) is 0 Å². The van der Waals surface area contributed by atoms with Crippen LogP contribution in [-0.2, 0) is 0 Å². The van der Waals surface area contributed by atoms with E-state index in [1.165, 1.54) is 11.8 Å². The van der Waals surface area contributed by atoms with Crippen LogP contribution in [0.15, 0.2) is 46.2 Å². The standard InChI is InChI=1S/C20H22F4O4S/c21-5-9-25-15-1-3-19(17(13-15)27-11-7-23)29-20-4-2-16(26-10-6-22)14-18(20)28-12-8-24/h1-4,13-14H,5-12H2. The summed E-state index contributed by atoms with van der Waals surface area (Å²) in [6.07, 6.45) is 0. The topological polar surface area (TPSA) is 36.9 Å². The Bertz CT molecular complexity index is 687. The zero-order valence-corrected chi connectivity index (χ0v) is 16.5. The summed E-state index contributed by atoms with van der Waals surface area (Å²) in [5.41, 5.74) is 0. The molecule has 2 aromatic rings. The lowest BCUT2D eigenvalue weighted by Crippen LogP contribution is -2.03. The third-order valence-corrected chi connectivity index (χ3v) is 4.53. The van der Waals surface area contributed by atoms with E-state index < -0.39 is 26.7 Å². The number of rotatable bonds is 14. The molecule has 0 aliphatic heterocycles. The number of hydrogen-bond donors (Lipinski definition) is 0. The average Bonchev–Trinajstić information content (AvgIpc) is 2.75. The first-order valence-corrected chi connectivity index (χ1v) is 9.74. The molecule has 0 bridgehead atoms. The maximum Gasteiger partial charge on any atom is 0.137 e. The van der Waals surface area contributed by atoms with Crippen molar-refractivity contribution in [2.45, 2.75) is 9.79 Å². The largest absolute Gasteiger partial charge is 0.491 e. The van der Waals surface area contributed by atoms with Crippen molar-refractivity contribution < 1.29 is 36.5 Å². The molecule has 0 N–H and O–H groups in total. The highest BCUT2D eigenvalue weighted by atomic mass is 32.2. The number of ether oxygens (including phenoxy) is 4. The number of halogens is 4.